The molecule has 0 atom stereocenters. The zero-order valence-corrected chi connectivity index (χ0v) is 11.1. The Bertz CT molecular complexity index is 471. The Hall–Kier alpha value is -1.66. The number of amides is 1. The van der Waals surface area contributed by atoms with E-state index in [-0.39, 0.29) is 11.3 Å². The quantitative estimate of drug-likeness (QED) is 0.521. The van der Waals surface area contributed by atoms with Gasteiger partial charge in [0, 0.05) is 35.0 Å². The molecule has 0 spiro atoms. The van der Waals surface area contributed by atoms with Crippen molar-refractivity contribution in [2.24, 2.45) is 0 Å². The summed E-state index contributed by atoms with van der Waals surface area (Å²) in [5, 5.41) is 10.6. The molecule has 1 aromatic carbocycles. The number of nitrogens with one attached hydrogen (secondary N) is 1. The minimum Gasteiger partial charge on any atom is -0.270 e. The van der Waals surface area contributed by atoms with E-state index >= 15 is 0 Å². The van der Waals surface area contributed by atoms with Crippen LogP contribution in [0.5, 0.6) is 0 Å². The summed E-state index contributed by atoms with van der Waals surface area (Å²) in [5.74, 6) is -0.497. The van der Waals surface area contributed by atoms with Gasteiger partial charge in [0.25, 0.3) is 11.6 Å². The molecule has 0 heterocycles. The molecule has 98 valence electrons. The third-order valence-corrected chi connectivity index (χ3v) is 2.70. The Labute approximate surface area is 110 Å². The second-order valence-electron chi connectivity index (χ2n) is 4.70. The number of carbonyl (C=O) groups excluding carboxylic acids is 1. The van der Waals surface area contributed by atoms with Crippen LogP contribution in [0.1, 0.15) is 31.1 Å². The van der Waals surface area contributed by atoms with Crippen molar-refractivity contribution in [1.29, 1.82) is 0 Å². The summed E-state index contributed by atoms with van der Waals surface area (Å²) in [5.41, 5.74) is 2.02. The zero-order valence-electron chi connectivity index (χ0n) is 10.3. The van der Waals surface area contributed by atoms with Gasteiger partial charge in [-0.3, -0.25) is 20.3 Å². The summed E-state index contributed by atoms with van der Waals surface area (Å²) in [6.07, 6.45) is 0. The first-order valence-corrected chi connectivity index (χ1v) is 5.57. The predicted octanol–water partition coefficient (Wildman–Crippen LogP) is 2.49. The highest BCUT2D eigenvalue weighted by molar-refractivity contribution is 6.14. The van der Waals surface area contributed by atoms with Gasteiger partial charge in [0.05, 0.1) is 4.92 Å². The monoisotopic (exact) mass is 271 g/mol. The van der Waals surface area contributed by atoms with Gasteiger partial charge in [-0.15, -0.1) is 4.53 Å². The first-order chi connectivity index (χ1) is 8.21. The minimum absolute atomic E-state index is 0.139. The summed E-state index contributed by atoms with van der Waals surface area (Å²) in [7, 11) is 0. The summed E-state index contributed by atoms with van der Waals surface area (Å²) >= 11 is 5.87. The Morgan fingerprint density at radius 3 is 2.56 bits per heavy atom. The second kappa shape index (κ2) is 5.32. The molecular formula is C11H14ClN3O3. The fourth-order valence-corrected chi connectivity index (χ4v) is 1.16. The largest absolute Gasteiger partial charge is 0.270 e. The Morgan fingerprint density at radius 2 is 2.06 bits per heavy atom. The van der Waals surface area contributed by atoms with E-state index in [1.807, 2.05) is 20.8 Å². The molecule has 1 aromatic rings. The van der Waals surface area contributed by atoms with Crippen LogP contribution in [0.25, 0.3) is 0 Å². The van der Waals surface area contributed by atoms with E-state index in [0.717, 1.165) is 4.53 Å². The van der Waals surface area contributed by atoms with Gasteiger partial charge in [0.15, 0.2) is 0 Å². The van der Waals surface area contributed by atoms with Gasteiger partial charge in [-0.1, -0.05) is 6.07 Å². The summed E-state index contributed by atoms with van der Waals surface area (Å²) < 4.78 is 1.13. The first kappa shape index (κ1) is 14.4. The summed E-state index contributed by atoms with van der Waals surface area (Å²) in [6, 6.07) is 5.44. The summed E-state index contributed by atoms with van der Waals surface area (Å²) in [4.78, 5) is 21.9. The number of nitro benzene ring substituents is 1. The molecular weight excluding hydrogens is 258 g/mol. The second-order valence-corrected chi connectivity index (χ2v) is 5.04. The number of carbonyl (C=O) groups is 1. The molecule has 0 bridgehead atoms. The van der Waals surface area contributed by atoms with E-state index in [2.05, 4.69) is 5.43 Å². The van der Waals surface area contributed by atoms with Crippen molar-refractivity contribution in [2.45, 2.75) is 26.3 Å². The molecule has 0 aliphatic rings. The van der Waals surface area contributed by atoms with E-state index in [1.54, 1.807) is 0 Å². The third kappa shape index (κ3) is 3.68. The van der Waals surface area contributed by atoms with Crippen molar-refractivity contribution < 1.29 is 9.72 Å². The van der Waals surface area contributed by atoms with Crippen LogP contribution in [-0.2, 0) is 0 Å². The SMILES string of the molecule is CC(C)(C)N(Cl)NC(=O)c1cccc([N+](=O)[O-])c1. The molecule has 0 saturated carbocycles. The lowest BCUT2D eigenvalue weighted by molar-refractivity contribution is -0.384. The Balaban J connectivity index is 2.85. The maximum atomic E-state index is 11.8. The molecule has 0 saturated heterocycles. The molecule has 0 unspecified atom stereocenters. The maximum absolute atomic E-state index is 11.8. The van der Waals surface area contributed by atoms with Crippen LogP contribution < -0.4 is 5.43 Å². The smallest absolute Gasteiger partial charge is 0.270 e. The van der Waals surface area contributed by atoms with Crippen LogP contribution in [0.15, 0.2) is 24.3 Å². The Kier molecular flexibility index (Phi) is 4.26. The molecule has 0 aliphatic carbocycles. The number of hydrazine groups is 1. The fourth-order valence-electron chi connectivity index (χ4n) is 1.08. The highest BCUT2D eigenvalue weighted by Crippen LogP contribution is 2.16. The van der Waals surface area contributed by atoms with Crippen LogP contribution in [0.2, 0.25) is 0 Å². The highest BCUT2D eigenvalue weighted by atomic mass is 35.5. The molecule has 0 radical (unpaired) electrons. The zero-order chi connectivity index (χ0) is 13.9. The van der Waals surface area contributed by atoms with E-state index < -0.39 is 16.4 Å². The number of hydrogen-bond donors (Lipinski definition) is 1. The molecule has 7 heteroatoms. The van der Waals surface area contributed by atoms with Crippen LogP contribution >= 0.6 is 11.8 Å². The van der Waals surface area contributed by atoms with Crippen molar-refractivity contribution in [1.82, 2.24) is 9.95 Å². The maximum Gasteiger partial charge on any atom is 0.270 e. The Morgan fingerprint density at radius 1 is 1.44 bits per heavy atom. The van der Waals surface area contributed by atoms with E-state index in [1.165, 1.54) is 24.3 Å². The lowest BCUT2D eigenvalue weighted by atomic mass is 10.1. The van der Waals surface area contributed by atoms with Gasteiger partial charge in [0.1, 0.15) is 0 Å². The predicted molar refractivity (Wildman–Crippen MR) is 68.0 cm³/mol. The van der Waals surface area contributed by atoms with Crippen molar-refractivity contribution in [3.05, 3.63) is 39.9 Å². The molecule has 0 fully saturated rings. The number of nitro groups is 1. The topological polar surface area (TPSA) is 75.5 Å². The van der Waals surface area contributed by atoms with Crippen molar-refractivity contribution in [2.75, 3.05) is 0 Å². The number of benzene rings is 1. The van der Waals surface area contributed by atoms with Gasteiger partial charge < -0.3 is 0 Å². The average Bonchev–Trinajstić information content (AvgIpc) is 2.27. The first-order valence-electron chi connectivity index (χ1n) is 5.23. The van der Waals surface area contributed by atoms with Crippen molar-refractivity contribution in [3.8, 4) is 0 Å². The molecule has 1 N–H and O–H groups in total. The van der Waals surface area contributed by atoms with Crippen molar-refractivity contribution in [3.63, 3.8) is 0 Å². The van der Waals surface area contributed by atoms with Crippen molar-refractivity contribution >= 4 is 23.4 Å². The van der Waals surface area contributed by atoms with Gasteiger partial charge in [-0.2, -0.15) is 0 Å². The van der Waals surface area contributed by atoms with E-state index in [0.29, 0.717) is 0 Å². The number of nitrogens with zero attached hydrogens (tertiary/aromatic N) is 2. The number of halogens is 1. The fraction of sp³-hybridized carbons (Fsp3) is 0.364. The van der Waals surface area contributed by atoms with Gasteiger partial charge in [-0.05, 0) is 26.8 Å². The van der Waals surface area contributed by atoms with Crippen LogP contribution in [0, 0.1) is 10.1 Å². The number of rotatable bonds is 3. The third-order valence-electron chi connectivity index (χ3n) is 2.11. The number of hydrogen-bond acceptors (Lipinski definition) is 4. The van der Waals surface area contributed by atoms with Gasteiger partial charge in [-0.25, -0.2) is 0 Å². The minimum atomic E-state index is -0.557. The lowest BCUT2D eigenvalue weighted by Gasteiger charge is -2.28. The van der Waals surface area contributed by atoms with Gasteiger partial charge >= 0.3 is 0 Å². The highest BCUT2D eigenvalue weighted by Gasteiger charge is 2.22. The average molecular weight is 272 g/mol. The molecule has 0 aliphatic heterocycles. The van der Waals surface area contributed by atoms with Crippen LogP contribution in [0.4, 0.5) is 5.69 Å². The van der Waals surface area contributed by atoms with E-state index in [4.69, 9.17) is 11.8 Å². The standard InChI is InChI=1S/C11H14ClN3O3/c1-11(2,3)15(12)13-10(16)8-5-4-6-9(7-8)14(17)18/h4-7H,1-3H3,(H,13,16). The van der Waals surface area contributed by atoms with E-state index in [9.17, 15) is 14.9 Å². The molecule has 1 amide bonds. The molecule has 1 rings (SSSR count). The van der Waals surface area contributed by atoms with Crippen LogP contribution in [0.3, 0.4) is 0 Å². The summed E-state index contributed by atoms with van der Waals surface area (Å²) in [6.45, 7) is 5.44. The normalized spacial score (nSPS) is 11.4. The number of non-ortho nitro benzene ring substituents is 1. The lowest BCUT2D eigenvalue weighted by Crippen LogP contribution is -2.46. The molecule has 6 nitrogen and oxygen atoms in total. The molecule has 0 aromatic heterocycles. The van der Waals surface area contributed by atoms with Gasteiger partial charge in [0.2, 0.25) is 0 Å². The molecule has 18 heavy (non-hydrogen) atoms. The van der Waals surface area contributed by atoms with Crippen LogP contribution in [-0.4, -0.2) is 20.9 Å².